The molecule has 1 amide bonds. The molecule has 21 heavy (non-hydrogen) atoms. The van der Waals surface area contributed by atoms with Crippen LogP contribution in [0.2, 0.25) is 5.02 Å². The number of ether oxygens (including phenoxy) is 1. The van der Waals surface area contributed by atoms with Gasteiger partial charge in [0, 0.05) is 31.2 Å². The van der Waals surface area contributed by atoms with E-state index in [1.807, 2.05) is 25.7 Å². The van der Waals surface area contributed by atoms with Crippen LogP contribution in [0.5, 0.6) is 0 Å². The van der Waals surface area contributed by atoms with E-state index in [0.29, 0.717) is 36.9 Å². The van der Waals surface area contributed by atoms with Gasteiger partial charge in [-0.2, -0.15) is 0 Å². The van der Waals surface area contributed by atoms with Crippen molar-refractivity contribution in [2.45, 2.75) is 26.4 Å². The predicted octanol–water partition coefficient (Wildman–Crippen LogP) is 3.54. The molecule has 0 bridgehead atoms. The molecule has 0 radical (unpaired) electrons. The molecule has 0 spiro atoms. The van der Waals surface area contributed by atoms with E-state index in [1.54, 1.807) is 17.0 Å². The molecule has 4 nitrogen and oxygen atoms in total. The summed E-state index contributed by atoms with van der Waals surface area (Å²) in [5.41, 5.74) is 0.0134. The predicted molar refractivity (Wildman–Crippen MR) is 81.4 cm³/mol. The summed E-state index contributed by atoms with van der Waals surface area (Å²) < 4.78 is 19.2. The Labute approximate surface area is 129 Å². The summed E-state index contributed by atoms with van der Waals surface area (Å²) in [6, 6.07) is 4.64. The molecule has 1 aromatic carbocycles. The number of piperazine rings is 1. The standard InChI is InChI=1S/C15H20ClFN2O2/c1-15(2,3)21-14(20)19-8-6-18(7-9-19)13-5-4-11(16)10-12(13)17/h4-5,10H,6-9H2,1-3H3. The van der Waals surface area contributed by atoms with E-state index in [2.05, 4.69) is 0 Å². The molecular formula is C15H20ClFN2O2. The lowest BCUT2D eigenvalue weighted by Gasteiger charge is -2.36. The fraction of sp³-hybridized carbons (Fsp3) is 0.533. The number of nitrogens with zero attached hydrogens (tertiary/aromatic N) is 2. The molecule has 0 unspecified atom stereocenters. The Morgan fingerprint density at radius 1 is 1.24 bits per heavy atom. The second-order valence-electron chi connectivity index (χ2n) is 6.05. The van der Waals surface area contributed by atoms with Crippen molar-refractivity contribution >= 4 is 23.4 Å². The summed E-state index contributed by atoms with van der Waals surface area (Å²) >= 11 is 5.75. The monoisotopic (exact) mass is 314 g/mol. The molecular weight excluding hydrogens is 295 g/mol. The lowest BCUT2D eigenvalue weighted by Crippen LogP contribution is -2.50. The molecule has 1 heterocycles. The highest BCUT2D eigenvalue weighted by Gasteiger charge is 2.26. The third-order valence-corrected chi connectivity index (χ3v) is 3.42. The fourth-order valence-corrected chi connectivity index (χ4v) is 2.35. The zero-order chi connectivity index (χ0) is 15.6. The largest absolute Gasteiger partial charge is 0.444 e. The van der Waals surface area contributed by atoms with E-state index in [-0.39, 0.29) is 11.9 Å². The molecule has 0 atom stereocenters. The van der Waals surface area contributed by atoms with Crippen molar-refractivity contribution in [1.29, 1.82) is 0 Å². The van der Waals surface area contributed by atoms with Gasteiger partial charge in [-0.25, -0.2) is 9.18 Å². The van der Waals surface area contributed by atoms with E-state index < -0.39 is 5.60 Å². The molecule has 1 fully saturated rings. The number of benzene rings is 1. The van der Waals surface area contributed by atoms with Gasteiger partial charge in [0.25, 0.3) is 0 Å². The van der Waals surface area contributed by atoms with Crippen molar-refractivity contribution < 1.29 is 13.9 Å². The van der Waals surface area contributed by atoms with Gasteiger partial charge in [-0.3, -0.25) is 0 Å². The third-order valence-electron chi connectivity index (χ3n) is 3.18. The molecule has 2 rings (SSSR count). The molecule has 116 valence electrons. The van der Waals surface area contributed by atoms with Crippen molar-refractivity contribution in [1.82, 2.24) is 4.90 Å². The van der Waals surface area contributed by atoms with Crippen LogP contribution in [0.1, 0.15) is 20.8 Å². The first-order chi connectivity index (χ1) is 9.76. The van der Waals surface area contributed by atoms with Crippen LogP contribution in [-0.4, -0.2) is 42.8 Å². The molecule has 0 aliphatic carbocycles. The van der Waals surface area contributed by atoms with Crippen LogP contribution in [0.4, 0.5) is 14.9 Å². The Hall–Kier alpha value is -1.49. The minimum absolute atomic E-state index is 0.321. The fourth-order valence-electron chi connectivity index (χ4n) is 2.19. The highest BCUT2D eigenvalue weighted by molar-refractivity contribution is 6.30. The quantitative estimate of drug-likeness (QED) is 0.795. The van der Waals surface area contributed by atoms with Gasteiger partial charge in [0.15, 0.2) is 0 Å². The van der Waals surface area contributed by atoms with Crippen molar-refractivity contribution in [3.05, 3.63) is 29.0 Å². The van der Waals surface area contributed by atoms with Crippen LogP contribution in [0, 0.1) is 5.82 Å². The summed E-state index contributed by atoms with van der Waals surface area (Å²) in [4.78, 5) is 15.5. The van der Waals surface area contributed by atoms with Gasteiger partial charge in [0.2, 0.25) is 0 Å². The topological polar surface area (TPSA) is 32.8 Å². The van der Waals surface area contributed by atoms with E-state index in [0.717, 1.165) is 0 Å². The third kappa shape index (κ3) is 4.24. The maximum absolute atomic E-state index is 13.9. The van der Waals surface area contributed by atoms with Crippen molar-refractivity contribution in [2.75, 3.05) is 31.1 Å². The number of hydrogen-bond acceptors (Lipinski definition) is 3. The van der Waals surface area contributed by atoms with Crippen LogP contribution in [0.3, 0.4) is 0 Å². The smallest absolute Gasteiger partial charge is 0.410 e. The molecule has 0 aromatic heterocycles. The Morgan fingerprint density at radius 2 is 1.86 bits per heavy atom. The average molecular weight is 315 g/mol. The van der Waals surface area contributed by atoms with Gasteiger partial charge >= 0.3 is 6.09 Å². The number of amides is 1. The molecule has 1 aromatic rings. The summed E-state index contributed by atoms with van der Waals surface area (Å²) in [5.74, 6) is -0.340. The highest BCUT2D eigenvalue weighted by Crippen LogP contribution is 2.24. The Balaban J connectivity index is 1.95. The second-order valence-corrected chi connectivity index (χ2v) is 6.49. The van der Waals surface area contributed by atoms with Crippen molar-refractivity contribution in [3.8, 4) is 0 Å². The van der Waals surface area contributed by atoms with Crippen LogP contribution >= 0.6 is 11.6 Å². The van der Waals surface area contributed by atoms with Gasteiger partial charge in [-0.15, -0.1) is 0 Å². The molecule has 1 aliphatic rings. The van der Waals surface area contributed by atoms with Crippen LogP contribution in [0.15, 0.2) is 18.2 Å². The lowest BCUT2D eigenvalue weighted by molar-refractivity contribution is 0.0240. The van der Waals surface area contributed by atoms with Gasteiger partial charge in [0.1, 0.15) is 11.4 Å². The van der Waals surface area contributed by atoms with E-state index in [9.17, 15) is 9.18 Å². The molecule has 0 saturated carbocycles. The normalized spacial score (nSPS) is 16.0. The first kappa shape index (κ1) is 15.9. The number of rotatable bonds is 1. The molecule has 1 saturated heterocycles. The van der Waals surface area contributed by atoms with Crippen LogP contribution in [0.25, 0.3) is 0 Å². The molecule has 0 N–H and O–H groups in total. The van der Waals surface area contributed by atoms with Gasteiger partial charge in [-0.05, 0) is 39.0 Å². The van der Waals surface area contributed by atoms with E-state index >= 15 is 0 Å². The van der Waals surface area contributed by atoms with Crippen molar-refractivity contribution in [2.24, 2.45) is 0 Å². The maximum Gasteiger partial charge on any atom is 0.410 e. The molecule has 6 heteroatoms. The number of halogens is 2. The summed E-state index contributed by atoms with van der Waals surface area (Å²) in [7, 11) is 0. The summed E-state index contributed by atoms with van der Waals surface area (Å²) in [6.07, 6.45) is -0.321. The number of hydrogen-bond donors (Lipinski definition) is 0. The van der Waals surface area contributed by atoms with E-state index in [1.165, 1.54) is 6.07 Å². The Morgan fingerprint density at radius 3 is 2.38 bits per heavy atom. The minimum atomic E-state index is -0.503. The van der Waals surface area contributed by atoms with E-state index in [4.69, 9.17) is 16.3 Å². The second kappa shape index (κ2) is 6.10. The minimum Gasteiger partial charge on any atom is -0.444 e. The van der Waals surface area contributed by atoms with Crippen LogP contribution in [-0.2, 0) is 4.74 Å². The van der Waals surface area contributed by atoms with Crippen molar-refractivity contribution in [3.63, 3.8) is 0 Å². The first-order valence-corrected chi connectivity index (χ1v) is 7.32. The zero-order valence-corrected chi connectivity index (χ0v) is 13.3. The SMILES string of the molecule is CC(C)(C)OC(=O)N1CCN(c2ccc(Cl)cc2F)CC1. The summed E-state index contributed by atoms with van der Waals surface area (Å²) in [6.45, 7) is 7.67. The lowest BCUT2D eigenvalue weighted by atomic mass is 10.2. The Bertz CT molecular complexity index is 523. The summed E-state index contributed by atoms with van der Waals surface area (Å²) in [5, 5.41) is 0.378. The number of carbonyl (C=O) groups is 1. The van der Waals surface area contributed by atoms with Gasteiger partial charge in [-0.1, -0.05) is 11.6 Å². The first-order valence-electron chi connectivity index (χ1n) is 6.94. The Kier molecular flexibility index (Phi) is 4.61. The van der Waals surface area contributed by atoms with Crippen LogP contribution < -0.4 is 4.90 Å². The van der Waals surface area contributed by atoms with Gasteiger partial charge in [0.05, 0.1) is 5.69 Å². The maximum atomic E-state index is 13.9. The molecule has 1 aliphatic heterocycles. The highest BCUT2D eigenvalue weighted by atomic mass is 35.5. The zero-order valence-electron chi connectivity index (χ0n) is 12.5. The average Bonchev–Trinajstić information content (AvgIpc) is 2.37. The number of anilines is 1. The van der Waals surface area contributed by atoms with Gasteiger partial charge < -0.3 is 14.5 Å². The number of carbonyl (C=O) groups excluding carboxylic acids is 1.